The molecule has 0 aromatic heterocycles. The highest BCUT2D eigenvalue weighted by molar-refractivity contribution is 4.54. The maximum Gasteiger partial charge on any atom is 0.0562 e. The third kappa shape index (κ3) is 5.76. The van der Waals surface area contributed by atoms with Crippen LogP contribution in [0.3, 0.4) is 0 Å². The molecule has 0 bridgehead atoms. The molecule has 0 aromatic rings. The molecule has 3 nitrogen and oxygen atoms in total. The van der Waals surface area contributed by atoms with Gasteiger partial charge in [-0.2, -0.15) is 0 Å². The topological polar surface area (TPSA) is 66.5 Å². The summed E-state index contributed by atoms with van der Waals surface area (Å²) in [5, 5.41) is 17.3. The quantitative estimate of drug-likeness (QED) is 0.472. The van der Waals surface area contributed by atoms with E-state index in [0.717, 1.165) is 6.42 Å². The van der Waals surface area contributed by atoms with Gasteiger partial charge in [0.2, 0.25) is 0 Å². The Morgan fingerprint density at radius 1 is 1.33 bits per heavy atom. The number of nitrogens with two attached hydrogens (primary N) is 1. The van der Waals surface area contributed by atoms with Crippen LogP contribution in [0.4, 0.5) is 0 Å². The highest BCUT2D eigenvalue weighted by atomic mass is 16.3. The molecule has 1 unspecified atom stereocenters. The highest BCUT2D eigenvalue weighted by Crippen LogP contribution is 1.98. The van der Waals surface area contributed by atoms with Crippen LogP contribution in [-0.4, -0.2) is 29.5 Å². The van der Waals surface area contributed by atoms with E-state index in [1.165, 1.54) is 0 Å². The molecule has 0 aromatic carbocycles. The van der Waals surface area contributed by atoms with Crippen LogP contribution < -0.4 is 5.73 Å². The Labute approximate surface area is 55.5 Å². The van der Waals surface area contributed by atoms with Crippen LogP contribution in [0.15, 0.2) is 0 Å². The third-order valence-electron chi connectivity index (χ3n) is 1.20. The minimum atomic E-state index is -0.362. The molecule has 3 heteroatoms. The molecule has 0 fully saturated rings. The van der Waals surface area contributed by atoms with Crippen LogP contribution >= 0.6 is 0 Å². The lowest BCUT2D eigenvalue weighted by Crippen LogP contribution is -2.11. The van der Waals surface area contributed by atoms with Crippen molar-refractivity contribution in [1.82, 2.24) is 0 Å². The van der Waals surface area contributed by atoms with Crippen molar-refractivity contribution in [3.63, 3.8) is 0 Å². The normalized spacial score (nSPS) is 13.7. The summed E-state index contributed by atoms with van der Waals surface area (Å²) in [6, 6.07) is 0. The van der Waals surface area contributed by atoms with Crippen molar-refractivity contribution in [1.29, 1.82) is 0 Å². The third-order valence-corrected chi connectivity index (χ3v) is 1.20. The number of hydrogen-bond acceptors (Lipinski definition) is 3. The Balaban J connectivity index is 2.95. The largest absolute Gasteiger partial charge is 0.396 e. The van der Waals surface area contributed by atoms with Crippen molar-refractivity contribution >= 4 is 0 Å². The van der Waals surface area contributed by atoms with Crippen molar-refractivity contribution in [2.45, 2.75) is 25.4 Å². The smallest absolute Gasteiger partial charge is 0.0562 e. The summed E-state index contributed by atoms with van der Waals surface area (Å²) in [5.41, 5.74) is 5.20. The van der Waals surface area contributed by atoms with E-state index in [9.17, 15) is 0 Å². The minimum absolute atomic E-state index is 0.0612. The van der Waals surface area contributed by atoms with Gasteiger partial charge < -0.3 is 15.9 Å². The van der Waals surface area contributed by atoms with Crippen LogP contribution in [0, 0.1) is 0 Å². The maximum absolute atomic E-state index is 8.96. The fraction of sp³-hybridized carbons (Fsp3) is 1.00. The molecule has 0 rings (SSSR count). The number of rotatable bonds is 5. The first-order chi connectivity index (χ1) is 4.31. The van der Waals surface area contributed by atoms with Gasteiger partial charge in [-0.15, -0.1) is 0 Å². The van der Waals surface area contributed by atoms with E-state index in [-0.39, 0.29) is 12.7 Å². The first-order valence-electron chi connectivity index (χ1n) is 3.30. The maximum atomic E-state index is 8.96. The van der Waals surface area contributed by atoms with Gasteiger partial charge in [-0.05, 0) is 25.8 Å². The van der Waals surface area contributed by atoms with Crippen molar-refractivity contribution in [2.24, 2.45) is 5.73 Å². The summed E-state index contributed by atoms with van der Waals surface area (Å²) in [5.74, 6) is 0. The molecule has 4 N–H and O–H groups in total. The Morgan fingerprint density at radius 3 is 2.44 bits per heavy atom. The summed E-state index contributed by atoms with van der Waals surface area (Å²) < 4.78 is 0. The Kier molecular flexibility index (Phi) is 5.93. The summed E-state index contributed by atoms with van der Waals surface area (Å²) in [6.45, 7) is 0.675. The van der Waals surface area contributed by atoms with Crippen LogP contribution in [0.1, 0.15) is 19.3 Å². The van der Waals surface area contributed by atoms with E-state index >= 15 is 0 Å². The molecule has 0 aliphatic carbocycles. The van der Waals surface area contributed by atoms with Gasteiger partial charge in [0.15, 0.2) is 0 Å². The fourth-order valence-electron chi connectivity index (χ4n) is 0.647. The summed E-state index contributed by atoms with van der Waals surface area (Å²) in [6.07, 6.45) is 1.65. The van der Waals surface area contributed by atoms with Crippen LogP contribution in [-0.2, 0) is 0 Å². The van der Waals surface area contributed by atoms with E-state index in [4.69, 9.17) is 15.9 Å². The van der Waals surface area contributed by atoms with E-state index in [0.29, 0.717) is 19.4 Å². The van der Waals surface area contributed by atoms with Crippen molar-refractivity contribution < 1.29 is 10.2 Å². The zero-order valence-electron chi connectivity index (χ0n) is 5.58. The van der Waals surface area contributed by atoms with Gasteiger partial charge in [0.25, 0.3) is 0 Å². The highest BCUT2D eigenvalue weighted by Gasteiger charge is 2.00. The van der Waals surface area contributed by atoms with Gasteiger partial charge in [-0.1, -0.05) is 0 Å². The van der Waals surface area contributed by atoms with E-state index < -0.39 is 0 Å². The van der Waals surface area contributed by atoms with Gasteiger partial charge in [-0.3, -0.25) is 0 Å². The molecule has 0 heterocycles. The lowest BCUT2D eigenvalue weighted by molar-refractivity contribution is 0.124. The summed E-state index contributed by atoms with van der Waals surface area (Å²) >= 11 is 0. The monoisotopic (exact) mass is 133 g/mol. The molecular formula is C6H15NO2. The van der Waals surface area contributed by atoms with Crippen LogP contribution in [0.25, 0.3) is 0 Å². The van der Waals surface area contributed by atoms with Crippen molar-refractivity contribution in [3.05, 3.63) is 0 Å². The molecule has 0 aliphatic heterocycles. The molecule has 0 amide bonds. The number of hydrogen-bond donors (Lipinski definition) is 3. The van der Waals surface area contributed by atoms with Crippen molar-refractivity contribution in [2.75, 3.05) is 13.2 Å². The Morgan fingerprint density at radius 2 is 2.00 bits per heavy atom. The second kappa shape index (κ2) is 6.01. The molecule has 56 valence electrons. The minimum Gasteiger partial charge on any atom is -0.396 e. The first kappa shape index (κ1) is 8.88. The fourth-order valence-corrected chi connectivity index (χ4v) is 0.647. The molecule has 0 spiro atoms. The molecule has 0 aliphatic rings. The average molecular weight is 133 g/mol. The molecule has 9 heavy (non-hydrogen) atoms. The predicted octanol–water partition coefficient (Wildman–Crippen LogP) is -0.531. The number of aliphatic hydroxyl groups excluding tert-OH is 2. The van der Waals surface area contributed by atoms with Crippen LogP contribution in [0.2, 0.25) is 0 Å². The SMILES string of the molecule is NCCCC(O)CCO. The molecule has 1 atom stereocenters. The first-order valence-corrected chi connectivity index (χ1v) is 3.30. The Bertz CT molecular complexity index is 59.0. The predicted molar refractivity (Wildman–Crippen MR) is 36.0 cm³/mol. The Hall–Kier alpha value is -0.120. The zero-order valence-corrected chi connectivity index (χ0v) is 5.58. The zero-order chi connectivity index (χ0) is 7.11. The van der Waals surface area contributed by atoms with Gasteiger partial charge in [0, 0.05) is 6.61 Å². The number of aliphatic hydroxyl groups is 2. The van der Waals surface area contributed by atoms with Crippen LogP contribution in [0.5, 0.6) is 0 Å². The molecule has 0 saturated heterocycles. The molecule has 0 saturated carbocycles. The lowest BCUT2D eigenvalue weighted by atomic mass is 10.1. The van der Waals surface area contributed by atoms with E-state index in [1.54, 1.807) is 0 Å². The van der Waals surface area contributed by atoms with Gasteiger partial charge in [-0.25, -0.2) is 0 Å². The molecular weight excluding hydrogens is 118 g/mol. The van der Waals surface area contributed by atoms with Gasteiger partial charge in [0.1, 0.15) is 0 Å². The molecule has 0 radical (unpaired) electrons. The van der Waals surface area contributed by atoms with E-state index in [1.807, 2.05) is 0 Å². The lowest BCUT2D eigenvalue weighted by Gasteiger charge is -2.05. The van der Waals surface area contributed by atoms with Crippen molar-refractivity contribution in [3.8, 4) is 0 Å². The second-order valence-electron chi connectivity index (χ2n) is 2.10. The summed E-state index contributed by atoms with van der Waals surface area (Å²) in [7, 11) is 0. The average Bonchev–Trinajstić information content (AvgIpc) is 1.85. The second-order valence-corrected chi connectivity index (χ2v) is 2.10. The van der Waals surface area contributed by atoms with E-state index in [2.05, 4.69) is 0 Å². The standard InChI is InChI=1S/C6H15NO2/c7-4-1-2-6(9)3-5-8/h6,8-9H,1-5,7H2. The van der Waals surface area contributed by atoms with Gasteiger partial charge >= 0.3 is 0 Å². The van der Waals surface area contributed by atoms with Gasteiger partial charge in [0.05, 0.1) is 6.10 Å². The summed E-state index contributed by atoms with van der Waals surface area (Å²) in [4.78, 5) is 0.